The van der Waals surface area contributed by atoms with E-state index in [0.717, 1.165) is 5.56 Å². The summed E-state index contributed by atoms with van der Waals surface area (Å²) in [5.74, 6) is 0. The Hall–Kier alpha value is -1.30. The van der Waals surface area contributed by atoms with Gasteiger partial charge in [-0.15, -0.1) is 0 Å². The number of hydrogen-bond donors (Lipinski definition) is 0. The molecule has 1 rings (SSSR count). The maximum Gasteiger partial charge on any atom is 0.135 e. The molecule has 0 N–H and O–H groups in total. The molecule has 0 saturated carbocycles. The van der Waals surface area contributed by atoms with E-state index in [1.165, 1.54) is 0 Å². The van der Waals surface area contributed by atoms with Crippen molar-refractivity contribution in [1.29, 1.82) is 5.26 Å². The molecule has 3 heteroatoms. The summed E-state index contributed by atoms with van der Waals surface area (Å²) in [7, 11) is 0. The highest BCUT2D eigenvalue weighted by molar-refractivity contribution is 5.15. The minimum atomic E-state index is -0.184. The lowest BCUT2D eigenvalue weighted by atomic mass is 9.90. The molecule has 0 aromatic carbocycles. The number of nitrogens with zero attached hydrogens (tertiary/aromatic N) is 3. The van der Waals surface area contributed by atoms with Gasteiger partial charge in [0.15, 0.2) is 0 Å². The van der Waals surface area contributed by atoms with E-state index in [1.807, 2.05) is 19.3 Å². The van der Waals surface area contributed by atoms with Crippen LogP contribution in [0.4, 0.5) is 0 Å². The molecule has 0 radical (unpaired) electrons. The van der Waals surface area contributed by atoms with Crippen molar-refractivity contribution in [3.05, 3.63) is 18.0 Å². The predicted octanol–water partition coefficient (Wildman–Crippen LogP) is 2.27. The Kier molecular flexibility index (Phi) is 2.42. The zero-order chi connectivity index (χ0) is 10.1. The zero-order valence-electron chi connectivity index (χ0n) is 8.57. The topological polar surface area (TPSA) is 41.6 Å². The summed E-state index contributed by atoms with van der Waals surface area (Å²) in [5, 5.41) is 12.8. The number of hydrogen-bond acceptors (Lipinski definition) is 2. The lowest BCUT2D eigenvalue weighted by Gasteiger charge is -2.15. The summed E-state index contributed by atoms with van der Waals surface area (Å²) >= 11 is 0. The molecule has 3 nitrogen and oxygen atoms in total. The highest BCUT2D eigenvalue weighted by Gasteiger charge is 2.16. The van der Waals surface area contributed by atoms with Crippen LogP contribution in [0.15, 0.2) is 12.4 Å². The Morgan fingerprint density at radius 3 is 2.54 bits per heavy atom. The van der Waals surface area contributed by atoms with Crippen molar-refractivity contribution in [1.82, 2.24) is 9.78 Å². The summed E-state index contributed by atoms with van der Waals surface area (Å²) in [6.07, 6.45) is 3.77. The second-order valence-corrected chi connectivity index (χ2v) is 4.26. The largest absolute Gasteiger partial charge is 0.255 e. The second kappa shape index (κ2) is 3.21. The Morgan fingerprint density at radius 2 is 2.15 bits per heavy atom. The van der Waals surface area contributed by atoms with Crippen LogP contribution in [0.1, 0.15) is 39.3 Å². The second-order valence-electron chi connectivity index (χ2n) is 4.26. The summed E-state index contributed by atoms with van der Waals surface area (Å²) in [6.45, 7) is 8.22. The van der Waals surface area contributed by atoms with Gasteiger partial charge in [0.25, 0.3) is 0 Å². The average molecular weight is 177 g/mol. The minimum absolute atomic E-state index is 0.105. The fraction of sp³-hybridized carbons (Fsp3) is 0.600. The van der Waals surface area contributed by atoms with Crippen molar-refractivity contribution in [3.8, 4) is 6.07 Å². The molecule has 0 unspecified atom stereocenters. The van der Waals surface area contributed by atoms with Gasteiger partial charge in [0.2, 0.25) is 0 Å². The minimum Gasteiger partial charge on any atom is -0.255 e. The number of rotatable bonds is 1. The normalized spacial score (nSPS) is 13.8. The molecule has 0 fully saturated rings. The molecule has 0 aliphatic heterocycles. The quantitative estimate of drug-likeness (QED) is 0.660. The summed E-state index contributed by atoms with van der Waals surface area (Å²) in [6, 6.07) is 1.96. The molecule has 0 spiro atoms. The molecule has 1 atom stereocenters. The van der Waals surface area contributed by atoms with E-state index in [9.17, 15) is 0 Å². The van der Waals surface area contributed by atoms with E-state index in [2.05, 4.69) is 31.9 Å². The molecule has 0 aliphatic rings. The van der Waals surface area contributed by atoms with Gasteiger partial charge < -0.3 is 0 Å². The lowest BCUT2D eigenvalue weighted by molar-refractivity contribution is 0.573. The van der Waals surface area contributed by atoms with Crippen molar-refractivity contribution in [2.75, 3.05) is 0 Å². The van der Waals surface area contributed by atoms with Crippen molar-refractivity contribution in [3.63, 3.8) is 0 Å². The highest BCUT2D eigenvalue weighted by Crippen LogP contribution is 2.21. The fourth-order valence-corrected chi connectivity index (χ4v) is 0.996. The van der Waals surface area contributed by atoms with Crippen molar-refractivity contribution in [2.24, 2.45) is 0 Å². The van der Waals surface area contributed by atoms with Crippen LogP contribution in [-0.4, -0.2) is 9.78 Å². The van der Waals surface area contributed by atoms with Crippen molar-refractivity contribution < 1.29 is 0 Å². The molecule has 1 heterocycles. The molecular weight excluding hydrogens is 162 g/mol. The van der Waals surface area contributed by atoms with Crippen molar-refractivity contribution in [2.45, 2.75) is 39.2 Å². The van der Waals surface area contributed by atoms with Crippen LogP contribution in [0.2, 0.25) is 0 Å². The van der Waals surface area contributed by atoms with E-state index >= 15 is 0 Å². The Morgan fingerprint density at radius 1 is 1.54 bits per heavy atom. The van der Waals surface area contributed by atoms with Gasteiger partial charge in [-0.05, 0) is 17.9 Å². The first-order valence-electron chi connectivity index (χ1n) is 4.39. The van der Waals surface area contributed by atoms with Gasteiger partial charge in [-0.25, -0.2) is 0 Å². The smallest absolute Gasteiger partial charge is 0.135 e. The third-order valence-electron chi connectivity index (χ3n) is 2.05. The van der Waals surface area contributed by atoms with Crippen LogP contribution in [0, 0.1) is 11.3 Å². The molecule has 0 aliphatic carbocycles. The molecular formula is C10H15N3. The Balaban J connectivity index is 2.95. The third kappa shape index (κ3) is 2.09. The Labute approximate surface area is 79.0 Å². The highest BCUT2D eigenvalue weighted by atomic mass is 15.3. The van der Waals surface area contributed by atoms with E-state index in [1.54, 1.807) is 4.68 Å². The van der Waals surface area contributed by atoms with Crippen LogP contribution in [0.25, 0.3) is 0 Å². The van der Waals surface area contributed by atoms with Gasteiger partial charge in [0.05, 0.1) is 12.3 Å². The van der Waals surface area contributed by atoms with Gasteiger partial charge in [-0.1, -0.05) is 20.8 Å². The lowest BCUT2D eigenvalue weighted by Crippen LogP contribution is -2.10. The van der Waals surface area contributed by atoms with E-state index in [0.29, 0.717) is 0 Å². The number of aromatic nitrogens is 2. The summed E-state index contributed by atoms with van der Waals surface area (Å²) < 4.78 is 1.70. The van der Waals surface area contributed by atoms with E-state index < -0.39 is 0 Å². The van der Waals surface area contributed by atoms with Gasteiger partial charge in [-0.2, -0.15) is 10.4 Å². The zero-order valence-corrected chi connectivity index (χ0v) is 8.57. The molecule has 0 bridgehead atoms. The first-order valence-corrected chi connectivity index (χ1v) is 4.39. The summed E-state index contributed by atoms with van der Waals surface area (Å²) in [4.78, 5) is 0. The average Bonchev–Trinajstić information content (AvgIpc) is 2.50. The molecule has 70 valence electrons. The Bertz CT molecular complexity index is 325. The predicted molar refractivity (Wildman–Crippen MR) is 51.3 cm³/mol. The standard InChI is InChI=1S/C10H15N3/c1-8(5-11)13-7-9(6-12-13)10(2,3)4/h6-8H,1-4H3/t8-/m0/s1. The van der Waals surface area contributed by atoms with Crippen LogP contribution in [-0.2, 0) is 5.41 Å². The maximum absolute atomic E-state index is 8.69. The SMILES string of the molecule is C[C@@H](C#N)n1cc(C(C)(C)C)cn1. The number of nitriles is 1. The monoisotopic (exact) mass is 177 g/mol. The molecule has 13 heavy (non-hydrogen) atoms. The van der Waals surface area contributed by atoms with Gasteiger partial charge >= 0.3 is 0 Å². The first kappa shape index (κ1) is 9.79. The van der Waals surface area contributed by atoms with Crippen LogP contribution in [0.5, 0.6) is 0 Å². The summed E-state index contributed by atoms with van der Waals surface area (Å²) in [5.41, 5.74) is 1.27. The third-order valence-corrected chi connectivity index (χ3v) is 2.05. The van der Waals surface area contributed by atoms with Gasteiger partial charge in [0.1, 0.15) is 6.04 Å². The molecule has 1 aromatic rings. The van der Waals surface area contributed by atoms with Crippen molar-refractivity contribution >= 4 is 0 Å². The molecule has 1 aromatic heterocycles. The van der Waals surface area contributed by atoms with Crippen LogP contribution in [0.3, 0.4) is 0 Å². The van der Waals surface area contributed by atoms with Gasteiger partial charge in [-0.3, -0.25) is 4.68 Å². The van der Waals surface area contributed by atoms with Crippen LogP contribution >= 0.6 is 0 Å². The maximum atomic E-state index is 8.69. The first-order chi connectivity index (χ1) is 5.95. The molecule has 0 amide bonds. The van der Waals surface area contributed by atoms with Crippen LogP contribution < -0.4 is 0 Å². The van der Waals surface area contributed by atoms with E-state index in [-0.39, 0.29) is 11.5 Å². The molecule has 0 saturated heterocycles. The fourth-order valence-electron chi connectivity index (χ4n) is 0.996. The van der Waals surface area contributed by atoms with Gasteiger partial charge in [0, 0.05) is 6.20 Å². The van der Waals surface area contributed by atoms with E-state index in [4.69, 9.17) is 5.26 Å².